The summed E-state index contributed by atoms with van der Waals surface area (Å²) in [4.78, 5) is 13.8. The number of rotatable bonds is 6. The monoisotopic (exact) mass is 225 g/mol. The van der Waals surface area contributed by atoms with Crippen LogP contribution in [0.3, 0.4) is 0 Å². The Morgan fingerprint density at radius 3 is 2.25 bits per heavy atom. The summed E-state index contributed by atoms with van der Waals surface area (Å²) in [7, 11) is 0. The number of nitrogens with zero attached hydrogens (tertiary/aromatic N) is 1. The van der Waals surface area contributed by atoms with Crippen LogP contribution in [0.1, 0.15) is 46.5 Å². The molecule has 0 aromatic carbocycles. The van der Waals surface area contributed by atoms with Gasteiger partial charge < -0.3 is 5.11 Å². The molecule has 0 aliphatic heterocycles. The molecule has 0 bridgehead atoms. The second kappa shape index (κ2) is 4.02. The zero-order valence-electron chi connectivity index (χ0n) is 10.6. The first-order chi connectivity index (χ1) is 7.46. The molecular weight excluding hydrogens is 202 g/mol. The van der Waals surface area contributed by atoms with Crippen LogP contribution in [0.15, 0.2) is 0 Å². The lowest BCUT2D eigenvalue weighted by Gasteiger charge is -2.41. The van der Waals surface area contributed by atoms with Crippen molar-refractivity contribution in [3.63, 3.8) is 0 Å². The lowest BCUT2D eigenvalue weighted by molar-refractivity contribution is -0.154. The van der Waals surface area contributed by atoms with Crippen LogP contribution in [0.25, 0.3) is 0 Å². The SMILES string of the molecule is CC(C)N(CC1CC1)C(C)(C(=O)O)C1CC1. The lowest BCUT2D eigenvalue weighted by Crippen LogP contribution is -2.57. The second-order valence-electron chi connectivity index (χ2n) is 5.92. The van der Waals surface area contributed by atoms with E-state index in [1.165, 1.54) is 12.8 Å². The minimum atomic E-state index is -0.635. The molecule has 2 aliphatic rings. The number of carboxylic acid groups (broad SMARTS) is 1. The van der Waals surface area contributed by atoms with Crippen molar-refractivity contribution < 1.29 is 9.90 Å². The average molecular weight is 225 g/mol. The highest BCUT2D eigenvalue weighted by molar-refractivity contribution is 5.79. The Morgan fingerprint density at radius 2 is 1.94 bits per heavy atom. The van der Waals surface area contributed by atoms with Crippen LogP contribution < -0.4 is 0 Å². The summed E-state index contributed by atoms with van der Waals surface area (Å²) in [5.74, 6) is 0.482. The summed E-state index contributed by atoms with van der Waals surface area (Å²) in [6.07, 6.45) is 4.72. The molecule has 3 nitrogen and oxygen atoms in total. The Labute approximate surface area is 97.8 Å². The van der Waals surface area contributed by atoms with Gasteiger partial charge in [-0.05, 0) is 58.3 Å². The Bertz CT molecular complexity index is 282. The molecule has 0 aromatic rings. The third-order valence-corrected chi connectivity index (χ3v) is 4.18. The standard InChI is InChI=1S/C13H23NO2/c1-9(2)14(8-10-4-5-10)13(3,12(15)16)11-6-7-11/h9-11H,4-8H2,1-3H3,(H,15,16). The third-order valence-electron chi connectivity index (χ3n) is 4.18. The largest absolute Gasteiger partial charge is 0.480 e. The van der Waals surface area contributed by atoms with Crippen molar-refractivity contribution in [2.24, 2.45) is 11.8 Å². The van der Waals surface area contributed by atoms with Gasteiger partial charge in [0, 0.05) is 12.6 Å². The van der Waals surface area contributed by atoms with Gasteiger partial charge in [-0.1, -0.05) is 0 Å². The van der Waals surface area contributed by atoms with Crippen molar-refractivity contribution >= 4 is 5.97 Å². The molecule has 16 heavy (non-hydrogen) atoms. The van der Waals surface area contributed by atoms with E-state index in [1.807, 2.05) is 6.92 Å². The Morgan fingerprint density at radius 1 is 1.38 bits per heavy atom. The molecule has 2 fully saturated rings. The molecule has 0 amide bonds. The van der Waals surface area contributed by atoms with Gasteiger partial charge in [-0.25, -0.2) is 0 Å². The van der Waals surface area contributed by atoms with Gasteiger partial charge >= 0.3 is 5.97 Å². The fourth-order valence-electron chi connectivity index (χ4n) is 2.69. The topological polar surface area (TPSA) is 40.5 Å². The van der Waals surface area contributed by atoms with Gasteiger partial charge in [-0.15, -0.1) is 0 Å². The van der Waals surface area contributed by atoms with Gasteiger partial charge in [-0.3, -0.25) is 9.69 Å². The first-order valence-corrected chi connectivity index (χ1v) is 6.46. The molecule has 0 heterocycles. The van der Waals surface area contributed by atoms with Crippen LogP contribution in [0.4, 0.5) is 0 Å². The molecule has 2 rings (SSSR count). The van der Waals surface area contributed by atoms with E-state index in [9.17, 15) is 9.90 Å². The number of hydrogen-bond donors (Lipinski definition) is 1. The molecule has 92 valence electrons. The summed E-state index contributed by atoms with van der Waals surface area (Å²) in [5, 5.41) is 9.55. The molecule has 2 aliphatic carbocycles. The van der Waals surface area contributed by atoms with E-state index in [2.05, 4.69) is 18.7 Å². The normalized spacial score (nSPS) is 24.8. The van der Waals surface area contributed by atoms with Crippen LogP contribution in [-0.4, -0.2) is 34.1 Å². The molecule has 0 saturated heterocycles. The Balaban J connectivity index is 2.15. The van der Waals surface area contributed by atoms with Crippen LogP contribution in [-0.2, 0) is 4.79 Å². The summed E-state index contributed by atoms with van der Waals surface area (Å²) < 4.78 is 0. The van der Waals surface area contributed by atoms with Gasteiger partial charge in [0.25, 0.3) is 0 Å². The summed E-state index contributed by atoms with van der Waals surface area (Å²) >= 11 is 0. The van der Waals surface area contributed by atoms with Crippen LogP contribution in [0.2, 0.25) is 0 Å². The fraction of sp³-hybridized carbons (Fsp3) is 0.923. The quantitative estimate of drug-likeness (QED) is 0.754. The predicted octanol–water partition coefficient (Wildman–Crippen LogP) is 2.36. The van der Waals surface area contributed by atoms with E-state index in [0.29, 0.717) is 12.0 Å². The van der Waals surface area contributed by atoms with Crippen molar-refractivity contribution in [3.8, 4) is 0 Å². The number of carboxylic acids is 1. The summed E-state index contributed by atoms with van der Waals surface area (Å²) in [5.41, 5.74) is -0.628. The lowest BCUT2D eigenvalue weighted by atomic mass is 9.91. The Hall–Kier alpha value is -0.570. The van der Waals surface area contributed by atoms with E-state index >= 15 is 0 Å². The van der Waals surface area contributed by atoms with Crippen molar-refractivity contribution in [1.82, 2.24) is 4.90 Å². The highest BCUT2D eigenvalue weighted by Gasteiger charge is 2.52. The first-order valence-electron chi connectivity index (χ1n) is 6.46. The van der Waals surface area contributed by atoms with Gasteiger partial charge in [0.1, 0.15) is 5.54 Å². The predicted molar refractivity (Wildman–Crippen MR) is 63.3 cm³/mol. The maximum atomic E-state index is 11.6. The van der Waals surface area contributed by atoms with Crippen LogP contribution >= 0.6 is 0 Å². The highest BCUT2D eigenvalue weighted by atomic mass is 16.4. The van der Waals surface area contributed by atoms with Crippen LogP contribution in [0.5, 0.6) is 0 Å². The minimum Gasteiger partial charge on any atom is -0.480 e. The van der Waals surface area contributed by atoms with Gasteiger partial charge in [-0.2, -0.15) is 0 Å². The van der Waals surface area contributed by atoms with E-state index in [-0.39, 0.29) is 0 Å². The molecule has 1 atom stereocenters. The van der Waals surface area contributed by atoms with Crippen molar-refractivity contribution in [2.75, 3.05) is 6.54 Å². The smallest absolute Gasteiger partial charge is 0.324 e. The van der Waals surface area contributed by atoms with Crippen molar-refractivity contribution in [1.29, 1.82) is 0 Å². The number of hydrogen-bond acceptors (Lipinski definition) is 2. The molecule has 0 spiro atoms. The number of carbonyl (C=O) groups is 1. The van der Waals surface area contributed by atoms with Crippen LogP contribution in [0, 0.1) is 11.8 Å². The molecule has 3 heteroatoms. The first kappa shape index (κ1) is 11.9. The highest BCUT2D eigenvalue weighted by Crippen LogP contribution is 2.45. The van der Waals surface area contributed by atoms with E-state index < -0.39 is 11.5 Å². The molecule has 0 aromatic heterocycles. The van der Waals surface area contributed by atoms with E-state index in [4.69, 9.17) is 0 Å². The molecular formula is C13H23NO2. The van der Waals surface area contributed by atoms with Crippen molar-refractivity contribution in [2.45, 2.75) is 58.0 Å². The van der Waals surface area contributed by atoms with E-state index in [1.54, 1.807) is 0 Å². The Kier molecular flexibility index (Phi) is 2.99. The van der Waals surface area contributed by atoms with Crippen molar-refractivity contribution in [3.05, 3.63) is 0 Å². The summed E-state index contributed by atoms with van der Waals surface area (Å²) in [6, 6.07) is 0.322. The minimum absolute atomic E-state index is 0.322. The summed E-state index contributed by atoms with van der Waals surface area (Å²) in [6.45, 7) is 7.13. The molecule has 0 radical (unpaired) electrons. The van der Waals surface area contributed by atoms with Gasteiger partial charge in [0.15, 0.2) is 0 Å². The van der Waals surface area contributed by atoms with Gasteiger partial charge in [0.2, 0.25) is 0 Å². The van der Waals surface area contributed by atoms with Gasteiger partial charge in [0.05, 0.1) is 0 Å². The average Bonchev–Trinajstić information content (AvgIpc) is 3.01. The number of aliphatic carboxylic acids is 1. The maximum absolute atomic E-state index is 11.6. The maximum Gasteiger partial charge on any atom is 0.324 e. The molecule has 1 unspecified atom stereocenters. The van der Waals surface area contributed by atoms with E-state index in [0.717, 1.165) is 25.3 Å². The fourth-order valence-corrected chi connectivity index (χ4v) is 2.69. The zero-order valence-corrected chi connectivity index (χ0v) is 10.6. The second-order valence-corrected chi connectivity index (χ2v) is 5.92. The third kappa shape index (κ3) is 2.10. The zero-order chi connectivity index (χ0) is 11.9. The molecule has 2 saturated carbocycles. The molecule has 1 N–H and O–H groups in total.